The fourth-order valence-corrected chi connectivity index (χ4v) is 4.92. The van der Waals surface area contributed by atoms with Crippen LogP contribution in [0.3, 0.4) is 0 Å². The predicted octanol–water partition coefficient (Wildman–Crippen LogP) is 4.09. The molecule has 0 bridgehead atoms. The van der Waals surface area contributed by atoms with Gasteiger partial charge in [0, 0.05) is 69.8 Å². The molecule has 8 nitrogen and oxygen atoms in total. The van der Waals surface area contributed by atoms with E-state index in [1.807, 2.05) is 42.9 Å². The molecule has 5 aromatic rings. The van der Waals surface area contributed by atoms with Gasteiger partial charge in [0.25, 0.3) is 0 Å². The Labute approximate surface area is 221 Å². The third-order valence-electron chi connectivity index (χ3n) is 6.99. The summed E-state index contributed by atoms with van der Waals surface area (Å²) in [5, 5.41) is 0. The highest BCUT2D eigenvalue weighted by Gasteiger charge is 2.19. The number of benzene rings is 2. The summed E-state index contributed by atoms with van der Waals surface area (Å²) in [4.78, 5) is 38.0. The second kappa shape index (κ2) is 10.9. The molecule has 1 N–H and O–H groups in total. The number of anilines is 1. The lowest BCUT2D eigenvalue weighted by Gasteiger charge is -2.35. The van der Waals surface area contributed by atoms with Crippen molar-refractivity contribution in [1.82, 2.24) is 29.8 Å². The van der Waals surface area contributed by atoms with Crippen LogP contribution < -0.4 is 4.90 Å². The van der Waals surface area contributed by atoms with Gasteiger partial charge in [0.1, 0.15) is 11.6 Å². The van der Waals surface area contributed by atoms with Crippen LogP contribution >= 0.6 is 0 Å². The number of ketones is 1. The van der Waals surface area contributed by atoms with Crippen molar-refractivity contribution in [2.45, 2.75) is 19.4 Å². The first-order valence-electron chi connectivity index (χ1n) is 12.9. The quantitative estimate of drug-likeness (QED) is 0.341. The highest BCUT2D eigenvalue weighted by molar-refractivity contribution is 5.84. The van der Waals surface area contributed by atoms with Crippen molar-refractivity contribution in [3.63, 3.8) is 0 Å². The number of piperazine rings is 1. The average Bonchev–Trinajstić information content (AvgIpc) is 3.47. The van der Waals surface area contributed by atoms with Crippen LogP contribution in [0, 0.1) is 0 Å². The van der Waals surface area contributed by atoms with Gasteiger partial charge in [-0.1, -0.05) is 36.4 Å². The molecule has 1 fully saturated rings. The van der Waals surface area contributed by atoms with Gasteiger partial charge in [-0.3, -0.25) is 19.7 Å². The van der Waals surface area contributed by atoms with Crippen LogP contribution in [0.1, 0.15) is 16.8 Å². The van der Waals surface area contributed by atoms with Gasteiger partial charge in [0.05, 0.1) is 23.6 Å². The van der Waals surface area contributed by atoms with E-state index in [4.69, 9.17) is 4.98 Å². The molecule has 0 saturated carbocycles. The molecular weight excluding hydrogens is 474 g/mol. The lowest BCUT2D eigenvalue weighted by Crippen LogP contribution is -2.46. The van der Waals surface area contributed by atoms with Crippen molar-refractivity contribution in [2.24, 2.45) is 0 Å². The Morgan fingerprint density at radius 3 is 2.42 bits per heavy atom. The number of nitrogens with zero attached hydrogens (tertiary/aromatic N) is 6. The Kier molecular flexibility index (Phi) is 6.87. The second-order valence-electron chi connectivity index (χ2n) is 9.72. The number of aromatic amines is 1. The van der Waals surface area contributed by atoms with Crippen molar-refractivity contribution in [2.75, 3.05) is 31.1 Å². The molecule has 0 spiro atoms. The summed E-state index contributed by atoms with van der Waals surface area (Å²) in [5.74, 6) is 1.08. The van der Waals surface area contributed by atoms with Gasteiger partial charge in [0.2, 0.25) is 0 Å². The maximum absolute atomic E-state index is 12.4. The summed E-state index contributed by atoms with van der Waals surface area (Å²) in [7, 11) is 0. The number of pyridine rings is 1. The number of carbonyl (C=O) groups is 1. The number of hydrogen-bond donors (Lipinski definition) is 1. The highest BCUT2D eigenvalue weighted by atomic mass is 16.1. The SMILES string of the molecule is O=C(Cc1ccc(-c2ccc3ncc(N4CCN(Cc5cccnc5)CC4)nc3c2)cc1)Cc1cnc[nH]1. The van der Waals surface area contributed by atoms with Gasteiger partial charge in [-0.2, -0.15) is 0 Å². The summed E-state index contributed by atoms with van der Waals surface area (Å²) < 4.78 is 0. The zero-order chi connectivity index (χ0) is 25.7. The maximum Gasteiger partial charge on any atom is 0.147 e. The first-order chi connectivity index (χ1) is 18.7. The van der Waals surface area contributed by atoms with Crippen molar-refractivity contribution in [3.8, 4) is 11.1 Å². The first kappa shape index (κ1) is 23.9. The number of H-pyrrole nitrogens is 1. The molecule has 38 heavy (non-hydrogen) atoms. The van der Waals surface area contributed by atoms with Gasteiger partial charge in [-0.25, -0.2) is 9.97 Å². The smallest absolute Gasteiger partial charge is 0.147 e. The number of carbonyl (C=O) groups excluding carboxylic acids is 1. The van der Waals surface area contributed by atoms with E-state index in [1.165, 1.54) is 5.56 Å². The fraction of sp³-hybridized carbons (Fsp3) is 0.233. The number of imidazole rings is 1. The lowest BCUT2D eigenvalue weighted by molar-refractivity contribution is -0.117. The Morgan fingerprint density at radius 1 is 0.816 bits per heavy atom. The molecule has 0 unspecified atom stereocenters. The van der Waals surface area contributed by atoms with E-state index in [9.17, 15) is 4.79 Å². The second-order valence-corrected chi connectivity index (χ2v) is 9.72. The summed E-state index contributed by atoms with van der Waals surface area (Å²) in [6, 6.07) is 18.5. The van der Waals surface area contributed by atoms with Crippen LogP contribution in [0.2, 0.25) is 0 Å². The number of rotatable bonds is 8. The molecule has 0 amide bonds. The summed E-state index contributed by atoms with van der Waals surface area (Å²) in [5.41, 5.74) is 7.03. The number of fused-ring (bicyclic) bond motifs is 1. The normalized spacial score (nSPS) is 14.2. The summed E-state index contributed by atoms with van der Waals surface area (Å²) >= 11 is 0. The number of Topliss-reactive ketones (excluding diaryl/α,β-unsaturated/α-hetero) is 1. The van der Waals surface area contributed by atoms with Gasteiger partial charge in [0.15, 0.2) is 0 Å². The number of nitrogens with one attached hydrogen (secondary N) is 1. The van der Waals surface area contributed by atoms with E-state index >= 15 is 0 Å². The van der Waals surface area contributed by atoms with Crippen LogP contribution in [0.25, 0.3) is 22.2 Å². The van der Waals surface area contributed by atoms with Crippen molar-refractivity contribution >= 4 is 22.6 Å². The molecule has 1 saturated heterocycles. The molecule has 2 aromatic carbocycles. The Bertz CT molecular complexity index is 1510. The molecule has 0 atom stereocenters. The molecule has 1 aliphatic rings. The lowest BCUT2D eigenvalue weighted by atomic mass is 10.0. The molecular formula is C30H29N7O. The zero-order valence-electron chi connectivity index (χ0n) is 21.1. The third-order valence-corrected chi connectivity index (χ3v) is 6.99. The fourth-order valence-electron chi connectivity index (χ4n) is 4.92. The minimum atomic E-state index is 0.161. The maximum atomic E-state index is 12.4. The van der Waals surface area contributed by atoms with Crippen LogP contribution in [-0.4, -0.2) is 61.8 Å². The van der Waals surface area contributed by atoms with E-state index < -0.39 is 0 Å². The standard InChI is InChI=1S/C30H29N7O/c38-27(16-26-18-32-21-34-26)14-22-3-5-24(6-4-22)25-7-8-28-29(15-25)35-30(19-33-28)37-12-10-36(11-13-37)20-23-2-1-9-31-17-23/h1-9,15,17-19,21H,10-14,16,20H2,(H,32,34). The van der Waals surface area contributed by atoms with Gasteiger partial charge in [-0.05, 0) is 40.5 Å². The van der Waals surface area contributed by atoms with Gasteiger partial charge in [-0.15, -0.1) is 0 Å². The van der Waals surface area contributed by atoms with Crippen molar-refractivity contribution < 1.29 is 4.79 Å². The van der Waals surface area contributed by atoms with E-state index in [0.717, 1.165) is 72.0 Å². The topological polar surface area (TPSA) is 90.9 Å². The predicted molar refractivity (Wildman–Crippen MR) is 148 cm³/mol. The van der Waals surface area contributed by atoms with E-state index in [0.29, 0.717) is 12.8 Å². The summed E-state index contributed by atoms with van der Waals surface area (Å²) in [6.07, 6.45) is 9.70. The van der Waals surface area contributed by atoms with Crippen molar-refractivity contribution in [1.29, 1.82) is 0 Å². The number of hydrogen-bond acceptors (Lipinski definition) is 7. The molecule has 1 aliphatic heterocycles. The highest BCUT2D eigenvalue weighted by Crippen LogP contribution is 2.25. The molecule has 190 valence electrons. The zero-order valence-corrected chi connectivity index (χ0v) is 21.1. The largest absolute Gasteiger partial charge is 0.353 e. The first-order valence-corrected chi connectivity index (χ1v) is 12.9. The Balaban J connectivity index is 1.11. The number of aromatic nitrogens is 5. The average molecular weight is 504 g/mol. The van der Waals surface area contributed by atoms with Crippen LogP contribution in [0.4, 0.5) is 5.82 Å². The van der Waals surface area contributed by atoms with E-state index in [2.05, 4.69) is 60.1 Å². The van der Waals surface area contributed by atoms with E-state index in [1.54, 1.807) is 12.5 Å². The minimum absolute atomic E-state index is 0.161. The molecule has 8 heteroatoms. The van der Waals surface area contributed by atoms with Crippen LogP contribution in [0.5, 0.6) is 0 Å². The van der Waals surface area contributed by atoms with Gasteiger partial charge < -0.3 is 9.88 Å². The molecule has 0 radical (unpaired) electrons. The van der Waals surface area contributed by atoms with Crippen LogP contribution in [-0.2, 0) is 24.2 Å². The molecule has 0 aliphatic carbocycles. The Morgan fingerprint density at radius 2 is 1.66 bits per heavy atom. The van der Waals surface area contributed by atoms with Gasteiger partial charge >= 0.3 is 0 Å². The summed E-state index contributed by atoms with van der Waals surface area (Å²) in [6.45, 7) is 4.71. The third kappa shape index (κ3) is 5.60. The molecule has 3 aromatic heterocycles. The van der Waals surface area contributed by atoms with E-state index in [-0.39, 0.29) is 5.78 Å². The minimum Gasteiger partial charge on any atom is -0.353 e. The van der Waals surface area contributed by atoms with Crippen LogP contribution in [0.15, 0.2) is 85.7 Å². The monoisotopic (exact) mass is 503 g/mol. The van der Waals surface area contributed by atoms with Crippen molar-refractivity contribution in [3.05, 3.63) is 103 Å². The molecule has 6 rings (SSSR count). The Hall–Kier alpha value is -4.43. The molecule has 4 heterocycles.